The van der Waals surface area contributed by atoms with Crippen molar-refractivity contribution in [2.24, 2.45) is 16.6 Å². The van der Waals surface area contributed by atoms with Gasteiger partial charge >= 0.3 is 0 Å². The molecule has 10 heavy (non-hydrogen) atoms. The molecule has 60 valence electrons. The van der Waals surface area contributed by atoms with E-state index in [4.69, 9.17) is 5.73 Å². The lowest BCUT2D eigenvalue weighted by molar-refractivity contribution is 0.182. The van der Waals surface area contributed by atoms with Crippen LogP contribution in [0.1, 0.15) is 40.5 Å². The Balaban J connectivity index is 2.70. The molecule has 1 heteroatoms. The van der Waals surface area contributed by atoms with Crippen LogP contribution in [-0.2, 0) is 0 Å². The molecule has 0 aromatic carbocycles. The fourth-order valence-electron chi connectivity index (χ4n) is 2.02. The Hall–Kier alpha value is -0.0400. The van der Waals surface area contributed by atoms with E-state index in [0.29, 0.717) is 16.9 Å². The van der Waals surface area contributed by atoms with E-state index in [9.17, 15) is 0 Å². The summed E-state index contributed by atoms with van der Waals surface area (Å²) in [7, 11) is 0. The minimum Gasteiger partial charge on any atom is -0.327 e. The fourth-order valence-corrected chi connectivity index (χ4v) is 2.02. The highest BCUT2D eigenvalue weighted by Gasteiger charge is 2.54. The predicted octanol–water partition coefficient (Wildman–Crippen LogP) is 2.16. The summed E-state index contributed by atoms with van der Waals surface area (Å²) in [5.41, 5.74) is 6.79. The van der Waals surface area contributed by atoms with Gasteiger partial charge in [0.15, 0.2) is 0 Å². The summed E-state index contributed by atoms with van der Waals surface area (Å²) in [5, 5.41) is 0. The second kappa shape index (κ2) is 1.97. The van der Waals surface area contributed by atoms with E-state index in [-0.39, 0.29) is 0 Å². The predicted molar refractivity (Wildman–Crippen MR) is 44.8 cm³/mol. The maximum Gasteiger partial charge on any atom is 0.00720 e. The standard InChI is InChI=1S/C9H19N/c1-7(10)9(5-6-9)8(2,3)4/h7H,5-6,10H2,1-4H3. The quantitative estimate of drug-likeness (QED) is 0.595. The highest BCUT2D eigenvalue weighted by molar-refractivity contribution is 5.06. The van der Waals surface area contributed by atoms with Gasteiger partial charge in [-0.05, 0) is 30.6 Å². The molecule has 1 aliphatic carbocycles. The van der Waals surface area contributed by atoms with Crippen LogP contribution in [0.25, 0.3) is 0 Å². The van der Waals surface area contributed by atoms with Crippen molar-refractivity contribution in [3.63, 3.8) is 0 Å². The van der Waals surface area contributed by atoms with Crippen molar-refractivity contribution < 1.29 is 0 Å². The molecule has 0 heterocycles. The molecule has 0 radical (unpaired) electrons. The van der Waals surface area contributed by atoms with Gasteiger partial charge in [0, 0.05) is 6.04 Å². The second-order valence-electron chi connectivity index (χ2n) is 4.69. The van der Waals surface area contributed by atoms with Gasteiger partial charge in [-0.25, -0.2) is 0 Å². The first-order chi connectivity index (χ1) is 4.40. The molecule has 0 saturated heterocycles. The molecule has 0 spiro atoms. The Bertz CT molecular complexity index is 126. The van der Waals surface area contributed by atoms with E-state index >= 15 is 0 Å². The Morgan fingerprint density at radius 2 is 1.70 bits per heavy atom. The zero-order valence-electron chi connectivity index (χ0n) is 7.57. The first-order valence-electron chi connectivity index (χ1n) is 4.16. The van der Waals surface area contributed by atoms with Gasteiger partial charge in [-0.1, -0.05) is 20.8 Å². The Labute approximate surface area is 64.0 Å². The fraction of sp³-hybridized carbons (Fsp3) is 1.00. The highest BCUT2D eigenvalue weighted by Crippen LogP contribution is 2.59. The van der Waals surface area contributed by atoms with Crippen molar-refractivity contribution in [1.82, 2.24) is 0 Å². The van der Waals surface area contributed by atoms with Crippen molar-refractivity contribution >= 4 is 0 Å². The van der Waals surface area contributed by atoms with E-state index in [1.165, 1.54) is 12.8 Å². The van der Waals surface area contributed by atoms with E-state index in [2.05, 4.69) is 27.7 Å². The van der Waals surface area contributed by atoms with Crippen LogP contribution in [0.4, 0.5) is 0 Å². The van der Waals surface area contributed by atoms with Crippen LogP contribution < -0.4 is 5.73 Å². The molecular formula is C9H19N. The van der Waals surface area contributed by atoms with Gasteiger partial charge in [-0.3, -0.25) is 0 Å². The molecule has 1 unspecified atom stereocenters. The van der Waals surface area contributed by atoms with Crippen LogP contribution in [0.2, 0.25) is 0 Å². The lowest BCUT2D eigenvalue weighted by Crippen LogP contribution is -2.37. The van der Waals surface area contributed by atoms with Gasteiger partial charge in [0.05, 0.1) is 0 Å². The molecule has 2 N–H and O–H groups in total. The first-order valence-corrected chi connectivity index (χ1v) is 4.16. The minimum atomic E-state index is 0.368. The third-order valence-corrected chi connectivity index (χ3v) is 3.15. The zero-order valence-corrected chi connectivity index (χ0v) is 7.57. The SMILES string of the molecule is CC(N)C1(C(C)(C)C)CC1. The maximum atomic E-state index is 5.92. The van der Waals surface area contributed by atoms with Crippen LogP contribution in [0.3, 0.4) is 0 Å². The Morgan fingerprint density at radius 1 is 1.30 bits per heavy atom. The van der Waals surface area contributed by atoms with E-state index in [1.807, 2.05) is 0 Å². The summed E-state index contributed by atoms with van der Waals surface area (Å²) in [4.78, 5) is 0. The third kappa shape index (κ3) is 0.968. The van der Waals surface area contributed by atoms with Crippen LogP contribution in [0.15, 0.2) is 0 Å². The van der Waals surface area contributed by atoms with Gasteiger partial charge in [-0.15, -0.1) is 0 Å². The van der Waals surface area contributed by atoms with Crippen molar-refractivity contribution in [3.8, 4) is 0 Å². The average Bonchev–Trinajstić information content (AvgIpc) is 2.36. The van der Waals surface area contributed by atoms with Crippen molar-refractivity contribution in [3.05, 3.63) is 0 Å². The zero-order chi connectivity index (χ0) is 7.99. The summed E-state index contributed by atoms with van der Waals surface area (Å²) in [6, 6.07) is 0.368. The van der Waals surface area contributed by atoms with E-state index < -0.39 is 0 Å². The Kier molecular flexibility index (Phi) is 1.59. The lowest BCUT2D eigenvalue weighted by atomic mass is 9.74. The topological polar surface area (TPSA) is 26.0 Å². The van der Waals surface area contributed by atoms with Crippen LogP contribution in [0, 0.1) is 10.8 Å². The molecule has 0 bridgehead atoms. The van der Waals surface area contributed by atoms with Gasteiger partial charge in [0.1, 0.15) is 0 Å². The monoisotopic (exact) mass is 141 g/mol. The van der Waals surface area contributed by atoms with Crippen molar-refractivity contribution in [2.45, 2.75) is 46.6 Å². The molecule has 1 saturated carbocycles. The smallest absolute Gasteiger partial charge is 0.00720 e. The van der Waals surface area contributed by atoms with Crippen molar-refractivity contribution in [2.75, 3.05) is 0 Å². The van der Waals surface area contributed by atoms with Gasteiger partial charge in [0.25, 0.3) is 0 Å². The second-order valence-corrected chi connectivity index (χ2v) is 4.69. The average molecular weight is 141 g/mol. The number of nitrogens with two attached hydrogens (primary N) is 1. The lowest BCUT2D eigenvalue weighted by Gasteiger charge is -2.34. The largest absolute Gasteiger partial charge is 0.327 e. The summed E-state index contributed by atoms with van der Waals surface area (Å²) in [5.74, 6) is 0. The normalized spacial score (nSPS) is 26.1. The molecule has 1 nitrogen and oxygen atoms in total. The van der Waals surface area contributed by atoms with Crippen LogP contribution in [0.5, 0.6) is 0 Å². The van der Waals surface area contributed by atoms with Crippen LogP contribution in [-0.4, -0.2) is 6.04 Å². The summed E-state index contributed by atoms with van der Waals surface area (Å²) < 4.78 is 0. The Morgan fingerprint density at radius 3 is 1.70 bits per heavy atom. The third-order valence-electron chi connectivity index (χ3n) is 3.15. The van der Waals surface area contributed by atoms with Gasteiger partial charge in [0.2, 0.25) is 0 Å². The molecule has 0 amide bonds. The summed E-state index contributed by atoms with van der Waals surface area (Å²) >= 11 is 0. The molecule has 1 aliphatic rings. The number of hydrogen-bond donors (Lipinski definition) is 1. The molecule has 1 fully saturated rings. The minimum absolute atomic E-state index is 0.368. The molecule has 1 rings (SSSR count). The number of hydrogen-bond acceptors (Lipinski definition) is 1. The molecule has 1 atom stereocenters. The molecule has 0 aromatic rings. The summed E-state index contributed by atoms with van der Waals surface area (Å²) in [6.07, 6.45) is 2.66. The van der Waals surface area contributed by atoms with Crippen LogP contribution >= 0.6 is 0 Å². The van der Waals surface area contributed by atoms with Gasteiger partial charge in [-0.2, -0.15) is 0 Å². The van der Waals surface area contributed by atoms with Crippen molar-refractivity contribution in [1.29, 1.82) is 0 Å². The molecule has 0 aromatic heterocycles. The summed E-state index contributed by atoms with van der Waals surface area (Å²) in [6.45, 7) is 9.02. The van der Waals surface area contributed by atoms with E-state index in [0.717, 1.165) is 0 Å². The highest BCUT2D eigenvalue weighted by atomic mass is 14.8. The molecule has 0 aliphatic heterocycles. The number of rotatable bonds is 1. The van der Waals surface area contributed by atoms with Gasteiger partial charge < -0.3 is 5.73 Å². The maximum absolute atomic E-state index is 5.92. The first kappa shape index (κ1) is 8.06. The molecular weight excluding hydrogens is 122 g/mol. The van der Waals surface area contributed by atoms with E-state index in [1.54, 1.807) is 0 Å².